The van der Waals surface area contributed by atoms with Gasteiger partial charge < -0.3 is 5.32 Å². The molecule has 4 aromatic rings. The minimum atomic E-state index is -4.36. The van der Waals surface area contributed by atoms with Crippen LogP contribution in [-0.4, -0.2) is 10.2 Å². The van der Waals surface area contributed by atoms with E-state index in [4.69, 9.17) is 11.6 Å². The van der Waals surface area contributed by atoms with Crippen LogP contribution in [0.2, 0.25) is 5.02 Å². The van der Waals surface area contributed by atoms with E-state index in [2.05, 4.69) is 15.5 Å². The topological polar surface area (TPSA) is 40.7 Å². The van der Waals surface area contributed by atoms with E-state index in [1.807, 2.05) is 36.4 Å². The van der Waals surface area contributed by atoms with E-state index in [0.29, 0.717) is 16.4 Å². The van der Waals surface area contributed by atoms with Crippen molar-refractivity contribution in [3.63, 3.8) is 0 Å². The zero-order chi connectivity index (χ0) is 19.7. The Morgan fingerprint density at radius 1 is 0.964 bits per heavy atom. The van der Waals surface area contributed by atoms with Gasteiger partial charge in [-0.25, -0.2) is 0 Å². The van der Waals surface area contributed by atoms with Gasteiger partial charge in [-0.15, -0.1) is 0 Å². The molecule has 0 atom stereocenters. The maximum absolute atomic E-state index is 12.9. The number of H-pyrrole nitrogens is 1. The number of nitrogens with zero attached hydrogens (tertiary/aromatic N) is 1. The predicted molar refractivity (Wildman–Crippen MR) is 105 cm³/mol. The van der Waals surface area contributed by atoms with Crippen molar-refractivity contribution in [1.29, 1.82) is 0 Å². The van der Waals surface area contributed by atoms with Crippen LogP contribution in [0.5, 0.6) is 0 Å². The van der Waals surface area contributed by atoms with Crippen LogP contribution >= 0.6 is 11.6 Å². The van der Waals surface area contributed by atoms with Crippen LogP contribution in [0.3, 0.4) is 0 Å². The Hall–Kier alpha value is -2.99. The number of fused-ring (bicyclic) bond motifs is 1. The zero-order valence-corrected chi connectivity index (χ0v) is 15.3. The monoisotopic (exact) mass is 401 g/mol. The molecule has 0 amide bonds. The average Bonchev–Trinajstić information content (AvgIpc) is 3.07. The van der Waals surface area contributed by atoms with Gasteiger partial charge in [0.1, 0.15) is 0 Å². The number of halogens is 4. The molecule has 3 nitrogen and oxygen atoms in total. The Morgan fingerprint density at radius 3 is 2.50 bits per heavy atom. The lowest BCUT2D eigenvalue weighted by molar-refractivity contribution is -0.137. The van der Waals surface area contributed by atoms with Crippen molar-refractivity contribution in [3.05, 3.63) is 82.9 Å². The molecule has 1 heterocycles. The second-order valence-corrected chi connectivity index (χ2v) is 6.77. The summed E-state index contributed by atoms with van der Waals surface area (Å²) in [7, 11) is 0. The first kappa shape index (κ1) is 18.4. The number of aromatic nitrogens is 2. The van der Waals surface area contributed by atoms with Crippen LogP contribution in [0.25, 0.3) is 22.0 Å². The highest BCUT2D eigenvalue weighted by molar-refractivity contribution is 6.34. The summed E-state index contributed by atoms with van der Waals surface area (Å²) in [6, 6.07) is 18.7. The molecule has 1 aromatic heterocycles. The van der Waals surface area contributed by atoms with Gasteiger partial charge in [-0.2, -0.15) is 18.3 Å². The van der Waals surface area contributed by atoms with Crippen LogP contribution in [-0.2, 0) is 12.7 Å². The fourth-order valence-corrected chi connectivity index (χ4v) is 3.33. The first-order valence-electron chi connectivity index (χ1n) is 8.55. The normalized spacial score (nSPS) is 11.7. The molecule has 0 radical (unpaired) electrons. The summed E-state index contributed by atoms with van der Waals surface area (Å²) in [5.41, 5.74) is 2.42. The Labute approximate surface area is 164 Å². The average molecular weight is 402 g/mol. The predicted octanol–water partition coefficient (Wildman–Crippen LogP) is 6.51. The first-order chi connectivity index (χ1) is 13.4. The molecule has 2 N–H and O–H groups in total. The van der Waals surface area contributed by atoms with Gasteiger partial charge in [-0.3, -0.25) is 5.10 Å². The molecule has 0 unspecified atom stereocenters. The Kier molecular flexibility index (Phi) is 4.73. The lowest BCUT2D eigenvalue weighted by atomic mass is 10.0. The molecular formula is C21H15ClF3N3. The maximum Gasteiger partial charge on any atom is 0.416 e. The Bertz CT molecular complexity index is 1120. The van der Waals surface area contributed by atoms with Gasteiger partial charge in [0.2, 0.25) is 0 Å². The highest BCUT2D eigenvalue weighted by Gasteiger charge is 2.30. The van der Waals surface area contributed by atoms with Gasteiger partial charge >= 0.3 is 6.18 Å². The largest absolute Gasteiger partial charge is 0.416 e. The van der Waals surface area contributed by atoms with E-state index in [9.17, 15) is 13.2 Å². The molecule has 7 heteroatoms. The second-order valence-electron chi connectivity index (χ2n) is 6.37. The quantitative estimate of drug-likeness (QED) is 0.409. The van der Waals surface area contributed by atoms with Gasteiger partial charge in [0, 0.05) is 17.5 Å². The molecule has 4 rings (SSSR count). The number of anilines is 1. The van der Waals surface area contributed by atoms with E-state index in [-0.39, 0.29) is 6.54 Å². The molecule has 0 spiro atoms. The summed E-state index contributed by atoms with van der Waals surface area (Å²) in [4.78, 5) is 0. The minimum absolute atomic E-state index is 0.215. The molecule has 0 saturated heterocycles. The minimum Gasteiger partial charge on any atom is -0.364 e. The van der Waals surface area contributed by atoms with Gasteiger partial charge in [-0.05, 0) is 35.4 Å². The smallest absolute Gasteiger partial charge is 0.364 e. The number of hydrogen-bond donors (Lipinski definition) is 2. The van der Waals surface area contributed by atoms with Crippen LogP contribution < -0.4 is 5.32 Å². The highest BCUT2D eigenvalue weighted by atomic mass is 35.5. The van der Waals surface area contributed by atoms with Gasteiger partial charge in [-0.1, -0.05) is 54.1 Å². The number of benzene rings is 3. The molecule has 3 aromatic carbocycles. The molecule has 28 heavy (non-hydrogen) atoms. The van der Waals surface area contributed by atoms with Crippen molar-refractivity contribution in [2.24, 2.45) is 0 Å². The summed E-state index contributed by atoms with van der Waals surface area (Å²) in [6.07, 6.45) is -4.36. The lowest BCUT2D eigenvalue weighted by Crippen LogP contribution is -2.07. The number of alkyl halides is 3. The molecule has 0 saturated carbocycles. The second kappa shape index (κ2) is 7.20. The molecule has 0 fully saturated rings. The van der Waals surface area contributed by atoms with Gasteiger partial charge in [0.05, 0.1) is 16.1 Å². The zero-order valence-electron chi connectivity index (χ0n) is 14.5. The van der Waals surface area contributed by atoms with E-state index in [1.165, 1.54) is 6.07 Å². The van der Waals surface area contributed by atoms with Crippen molar-refractivity contribution in [1.82, 2.24) is 10.2 Å². The molecule has 142 valence electrons. The SMILES string of the molecule is FC(F)(F)c1cccc(CNc2n[nH]c3cc(Cl)c(-c4ccccc4)cc23)c1. The van der Waals surface area contributed by atoms with Crippen molar-refractivity contribution in [2.75, 3.05) is 5.32 Å². The van der Waals surface area contributed by atoms with E-state index in [0.717, 1.165) is 34.2 Å². The number of nitrogens with one attached hydrogen (secondary N) is 2. The third-order valence-electron chi connectivity index (χ3n) is 4.45. The third-order valence-corrected chi connectivity index (χ3v) is 4.76. The number of hydrogen-bond acceptors (Lipinski definition) is 2. The Morgan fingerprint density at radius 2 is 1.75 bits per heavy atom. The molecule has 0 aliphatic heterocycles. The Balaban J connectivity index is 1.63. The van der Waals surface area contributed by atoms with E-state index in [1.54, 1.807) is 12.1 Å². The standard InChI is InChI=1S/C21H15ClF3N3/c22-18-11-19-17(10-16(18)14-6-2-1-3-7-14)20(28-27-19)26-12-13-5-4-8-15(9-13)21(23,24)25/h1-11H,12H2,(H2,26,27,28). The summed E-state index contributed by atoms with van der Waals surface area (Å²) in [5.74, 6) is 0.557. The first-order valence-corrected chi connectivity index (χ1v) is 8.92. The van der Waals surface area contributed by atoms with E-state index >= 15 is 0 Å². The van der Waals surface area contributed by atoms with Gasteiger partial charge in [0.15, 0.2) is 5.82 Å². The van der Waals surface area contributed by atoms with E-state index < -0.39 is 11.7 Å². The molecule has 0 aliphatic rings. The molecule has 0 aliphatic carbocycles. The van der Waals surface area contributed by atoms with Crippen molar-refractivity contribution < 1.29 is 13.2 Å². The lowest BCUT2D eigenvalue weighted by Gasteiger charge is -2.10. The van der Waals surface area contributed by atoms with Gasteiger partial charge in [0.25, 0.3) is 0 Å². The molecular weight excluding hydrogens is 387 g/mol. The summed E-state index contributed by atoms with van der Waals surface area (Å²) in [6.45, 7) is 0.215. The van der Waals surface area contributed by atoms with Crippen LogP contribution in [0.15, 0.2) is 66.7 Å². The summed E-state index contributed by atoms with van der Waals surface area (Å²) < 4.78 is 38.6. The third kappa shape index (κ3) is 3.68. The highest BCUT2D eigenvalue weighted by Crippen LogP contribution is 2.34. The number of rotatable bonds is 4. The summed E-state index contributed by atoms with van der Waals surface area (Å²) >= 11 is 6.41. The maximum atomic E-state index is 12.9. The van der Waals surface area contributed by atoms with Crippen molar-refractivity contribution in [3.8, 4) is 11.1 Å². The van der Waals surface area contributed by atoms with Crippen molar-refractivity contribution in [2.45, 2.75) is 12.7 Å². The summed E-state index contributed by atoms with van der Waals surface area (Å²) in [5, 5.41) is 11.7. The van der Waals surface area contributed by atoms with Crippen LogP contribution in [0.4, 0.5) is 19.0 Å². The fraction of sp³-hybridized carbons (Fsp3) is 0.0952. The fourth-order valence-electron chi connectivity index (χ4n) is 3.06. The van der Waals surface area contributed by atoms with Crippen molar-refractivity contribution >= 4 is 28.3 Å². The van der Waals surface area contributed by atoms with Crippen LogP contribution in [0.1, 0.15) is 11.1 Å². The molecule has 0 bridgehead atoms. The number of aromatic amines is 1. The van der Waals surface area contributed by atoms with Crippen LogP contribution in [0, 0.1) is 0 Å².